The third-order valence-corrected chi connectivity index (χ3v) is 4.38. The second kappa shape index (κ2) is 2.18. The average molecular weight is 222 g/mol. The van der Waals surface area contributed by atoms with Gasteiger partial charge in [0.1, 0.15) is 0 Å². The number of nitrogens with one attached hydrogen (secondary N) is 2. The number of fused-ring (bicyclic) bond motifs is 4. The molecule has 3 rings (SSSR count). The van der Waals surface area contributed by atoms with Crippen molar-refractivity contribution in [3.8, 4) is 0 Å². The fourth-order valence-electron chi connectivity index (χ4n) is 3.73. The van der Waals surface area contributed by atoms with Gasteiger partial charge in [-0.1, -0.05) is 0 Å². The van der Waals surface area contributed by atoms with Crippen LogP contribution < -0.4 is 10.6 Å². The molecule has 6 heteroatoms. The highest BCUT2D eigenvalue weighted by molar-refractivity contribution is 6.21. The Balaban J connectivity index is 2.20. The van der Waals surface area contributed by atoms with Crippen LogP contribution in [0.1, 0.15) is 13.8 Å². The van der Waals surface area contributed by atoms with Crippen LogP contribution in [0.25, 0.3) is 0 Å². The Morgan fingerprint density at radius 3 is 1.44 bits per heavy atom. The van der Waals surface area contributed by atoms with E-state index in [0.717, 1.165) is 0 Å². The summed E-state index contributed by atoms with van der Waals surface area (Å²) in [6, 6.07) is 0. The van der Waals surface area contributed by atoms with Crippen molar-refractivity contribution in [2.24, 2.45) is 22.7 Å². The standard InChI is InChI=1S/C10H10N2O4/c1-9-3(5(13)11-7(9)15)10(2)4(9)6(14)12-8(10)16/h3-4H,1-2H3,(H,11,13,15)(H,12,14,16). The second-order valence-electron chi connectivity index (χ2n) is 5.07. The highest BCUT2D eigenvalue weighted by Gasteiger charge is 2.82. The normalized spacial score (nSPS) is 49.4. The zero-order valence-electron chi connectivity index (χ0n) is 8.79. The van der Waals surface area contributed by atoms with Crippen LogP contribution in [0, 0.1) is 22.7 Å². The van der Waals surface area contributed by atoms with E-state index in [4.69, 9.17) is 0 Å². The van der Waals surface area contributed by atoms with E-state index in [1.165, 1.54) is 0 Å². The fourth-order valence-corrected chi connectivity index (χ4v) is 3.73. The Bertz CT molecular complexity index is 429. The smallest absolute Gasteiger partial charge is 0.234 e. The molecule has 0 aromatic heterocycles. The molecule has 1 saturated carbocycles. The van der Waals surface area contributed by atoms with Crippen LogP contribution in [0.15, 0.2) is 0 Å². The topological polar surface area (TPSA) is 92.3 Å². The molecular weight excluding hydrogens is 212 g/mol. The van der Waals surface area contributed by atoms with Gasteiger partial charge in [0.05, 0.1) is 22.7 Å². The number of carbonyl (C=O) groups is 4. The van der Waals surface area contributed by atoms with Crippen molar-refractivity contribution in [3.05, 3.63) is 0 Å². The Morgan fingerprint density at radius 1 is 0.812 bits per heavy atom. The van der Waals surface area contributed by atoms with Crippen LogP contribution in [0.4, 0.5) is 0 Å². The molecule has 0 aromatic rings. The third-order valence-electron chi connectivity index (χ3n) is 4.38. The van der Waals surface area contributed by atoms with E-state index in [1.807, 2.05) is 0 Å². The van der Waals surface area contributed by atoms with E-state index in [0.29, 0.717) is 0 Å². The summed E-state index contributed by atoms with van der Waals surface area (Å²) in [5.74, 6) is -3.23. The maximum atomic E-state index is 11.7. The molecule has 6 nitrogen and oxygen atoms in total. The predicted octanol–water partition coefficient (Wildman–Crippen LogP) is -1.44. The molecule has 2 N–H and O–H groups in total. The third kappa shape index (κ3) is 0.618. The van der Waals surface area contributed by atoms with Crippen LogP contribution in [0.3, 0.4) is 0 Å². The molecule has 1 aliphatic carbocycles. The lowest BCUT2D eigenvalue weighted by Crippen LogP contribution is -2.65. The van der Waals surface area contributed by atoms with Gasteiger partial charge in [0.2, 0.25) is 23.6 Å². The van der Waals surface area contributed by atoms with Crippen molar-refractivity contribution in [3.63, 3.8) is 0 Å². The Morgan fingerprint density at radius 2 is 1.12 bits per heavy atom. The van der Waals surface area contributed by atoms with Crippen molar-refractivity contribution in [2.75, 3.05) is 0 Å². The van der Waals surface area contributed by atoms with Crippen LogP contribution in [-0.4, -0.2) is 23.6 Å². The van der Waals surface area contributed by atoms with E-state index in [2.05, 4.69) is 10.6 Å². The van der Waals surface area contributed by atoms with Gasteiger partial charge in [0.25, 0.3) is 0 Å². The van der Waals surface area contributed by atoms with E-state index in [-0.39, 0.29) is 0 Å². The van der Waals surface area contributed by atoms with Crippen LogP contribution in [0.5, 0.6) is 0 Å². The van der Waals surface area contributed by atoms with Gasteiger partial charge < -0.3 is 0 Å². The molecule has 4 amide bonds. The van der Waals surface area contributed by atoms with Gasteiger partial charge in [-0.3, -0.25) is 29.8 Å². The highest BCUT2D eigenvalue weighted by Crippen LogP contribution is 2.67. The van der Waals surface area contributed by atoms with Gasteiger partial charge in [-0.2, -0.15) is 0 Å². The maximum absolute atomic E-state index is 11.7. The lowest BCUT2D eigenvalue weighted by molar-refractivity contribution is -0.179. The van der Waals surface area contributed by atoms with Crippen LogP contribution in [-0.2, 0) is 19.2 Å². The molecule has 0 bridgehead atoms. The maximum Gasteiger partial charge on any atom is 0.234 e. The first kappa shape index (κ1) is 9.50. The molecule has 2 saturated heterocycles. The minimum atomic E-state index is -1.05. The summed E-state index contributed by atoms with van der Waals surface area (Å²) in [6.07, 6.45) is 0. The molecule has 0 spiro atoms. The molecule has 0 unspecified atom stereocenters. The van der Waals surface area contributed by atoms with Crippen LogP contribution >= 0.6 is 0 Å². The van der Waals surface area contributed by atoms with E-state index in [9.17, 15) is 19.2 Å². The molecule has 0 aromatic carbocycles. The van der Waals surface area contributed by atoms with Crippen molar-refractivity contribution in [1.29, 1.82) is 0 Å². The van der Waals surface area contributed by atoms with Crippen molar-refractivity contribution >= 4 is 23.6 Å². The molecular formula is C10H10N2O4. The predicted molar refractivity (Wildman–Crippen MR) is 49.5 cm³/mol. The molecule has 16 heavy (non-hydrogen) atoms. The fraction of sp³-hybridized carbons (Fsp3) is 0.600. The molecule has 3 aliphatic rings. The number of imide groups is 2. The SMILES string of the molecule is CC12C(=O)NC(=O)C1C1(C)C(=O)NC(=O)C21. The minimum Gasteiger partial charge on any atom is -0.296 e. The minimum absolute atomic E-state index is 0.448. The Labute approximate surface area is 90.8 Å². The van der Waals surface area contributed by atoms with Crippen LogP contribution in [0.2, 0.25) is 0 Å². The summed E-state index contributed by atoms with van der Waals surface area (Å²) in [4.78, 5) is 46.6. The Hall–Kier alpha value is -1.72. The lowest BCUT2D eigenvalue weighted by Gasteiger charge is -2.53. The first-order valence-electron chi connectivity index (χ1n) is 5.05. The van der Waals surface area contributed by atoms with E-state index in [1.54, 1.807) is 13.8 Å². The average Bonchev–Trinajstić information content (AvgIpc) is 2.44. The summed E-state index contributed by atoms with van der Waals surface area (Å²) in [5, 5.41) is 4.41. The first-order chi connectivity index (χ1) is 7.34. The van der Waals surface area contributed by atoms with Crippen molar-refractivity contribution in [1.82, 2.24) is 10.6 Å². The van der Waals surface area contributed by atoms with Gasteiger partial charge in [0, 0.05) is 0 Å². The Kier molecular flexibility index (Phi) is 1.30. The summed E-state index contributed by atoms with van der Waals surface area (Å²) in [7, 11) is 0. The van der Waals surface area contributed by atoms with Crippen molar-refractivity contribution in [2.45, 2.75) is 13.8 Å². The molecule has 84 valence electrons. The quantitative estimate of drug-likeness (QED) is 0.491. The highest BCUT2D eigenvalue weighted by atomic mass is 16.2. The number of hydrogen-bond donors (Lipinski definition) is 2. The zero-order valence-corrected chi connectivity index (χ0v) is 8.79. The van der Waals surface area contributed by atoms with Crippen molar-refractivity contribution < 1.29 is 19.2 Å². The number of rotatable bonds is 0. The zero-order chi connectivity index (χ0) is 11.9. The van der Waals surface area contributed by atoms with Gasteiger partial charge >= 0.3 is 0 Å². The van der Waals surface area contributed by atoms with Gasteiger partial charge in [-0.25, -0.2) is 0 Å². The summed E-state index contributed by atoms with van der Waals surface area (Å²) in [6.45, 7) is 3.14. The number of amides is 4. The van der Waals surface area contributed by atoms with Gasteiger partial charge in [-0.05, 0) is 13.8 Å². The molecule has 0 atom stereocenters. The monoisotopic (exact) mass is 222 g/mol. The summed E-state index contributed by atoms with van der Waals surface area (Å²) in [5.41, 5.74) is -2.11. The molecule has 3 fully saturated rings. The van der Waals surface area contributed by atoms with E-state index >= 15 is 0 Å². The number of hydrogen-bond acceptors (Lipinski definition) is 4. The lowest BCUT2D eigenvalue weighted by atomic mass is 9.41. The van der Waals surface area contributed by atoms with Gasteiger partial charge in [-0.15, -0.1) is 0 Å². The molecule has 2 heterocycles. The van der Waals surface area contributed by atoms with E-state index < -0.39 is 46.3 Å². The first-order valence-corrected chi connectivity index (χ1v) is 5.05. The molecule has 2 aliphatic heterocycles. The number of carbonyl (C=O) groups excluding carboxylic acids is 4. The second-order valence-corrected chi connectivity index (χ2v) is 5.07. The molecule has 0 radical (unpaired) electrons. The van der Waals surface area contributed by atoms with Gasteiger partial charge in [0.15, 0.2) is 0 Å². The summed E-state index contributed by atoms with van der Waals surface area (Å²) < 4.78 is 0. The largest absolute Gasteiger partial charge is 0.296 e. The summed E-state index contributed by atoms with van der Waals surface area (Å²) >= 11 is 0.